The molecule has 1 amide bonds. The molecule has 7 nitrogen and oxygen atoms in total. The fraction of sp³-hybridized carbons (Fsp3) is 0.267. The Morgan fingerprint density at radius 2 is 2.18 bits per heavy atom. The Balaban J connectivity index is 1.89. The highest BCUT2D eigenvalue weighted by Crippen LogP contribution is 2.14. The van der Waals surface area contributed by atoms with E-state index in [-0.39, 0.29) is 24.4 Å². The minimum atomic E-state index is -0.383. The summed E-state index contributed by atoms with van der Waals surface area (Å²) in [6.45, 7) is 1.91. The van der Waals surface area contributed by atoms with Crippen molar-refractivity contribution in [2.75, 3.05) is 7.11 Å². The number of nitrogens with one attached hydrogen (secondary N) is 2. The number of ether oxygens (including phenoxy) is 2. The van der Waals surface area contributed by atoms with Gasteiger partial charge in [0.15, 0.2) is 5.76 Å². The van der Waals surface area contributed by atoms with Crippen LogP contribution in [-0.2, 0) is 6.54 Å². The fourth-order valence-electron chi connectivity index (χ4n) is 1.67. The van der Waals surface area contributed by atoms with Gasteiger partial charge in [-0.3, -0.25) is 4.79 Å². The molecule has 0 bridgehead atoms. The van der Waals surface area contributed by atoms with Gasteiger partial charge in [0.2, 0.25) is 0 Å². The van der Waals surface area contributed by atoms with Gasteiger partial charge in [-0.2, -0.15) is 0 Å². The third-order valence-electron chi connectivity index (χ3n) is 2.85. The van der Waals surface area contributed by atoms with Crippen LogP contribution in [0.4, 0.5) is 0 Å². The molecule has 1 unspecified atom stereocenters. The van der Waals surface area contributed by atoms with E-state index in [0.717, 1.165) is 6.21 Å². The predicted octanol–water partition coefficient (Wildman–Crippen LogP) is 2.03. The first-order valence-corrected chi connectivity index (χ1v) is 6.67. The molecule has 0 fully saturated rings. The summed E-state index contributed by atoms with van der Waals surface area (Å²) in [5.74, 6) is 1.21. The summed E-state index contributed by atoms with van der Waals surface area (Å²) in [7, 11) is 1.57. The van der Waals surface area contributed by atoms with E-state index < -0.39 is 0 Å². The number of aromatic nitrogens is 1. The molecule has 0 spiro atoms. The van der Waals surface area contributed by atoms with Crippen LogP contribution in [0.2, 0.25) is 0 Å². The van der Waals surface area contributed by atoms with Crippen LogP contribution in [0.1, 0.15) is 23.0 Å². The highest BCUT2D eigenvalue weighted by molar-refractivity contribution is 5.94. The molecule has 0 aliphatic rings. The molecule has 1 heterocycles. The topological polar surface area (TPSA) is 97.4 Å². The molecular formula is C15H17N3O4. The molecule has 116 valence electrons. The fourth-order valence-corrected chi connectivity index (χ4v) is 1.67. The molecule has 0 aliphatic carbocycles. The number of methoxy groups -OCH3 is 1. The molecule has 1 aromatic heterocycles. The van der Waals surface area contributed by atoms with Crippen molar-refractivity contribution in [2.24, 2.45) is 0 Å². The molecule has 2 aromatic rings. The number of rotatable bonds is 7. The number of benzene rings is 1. The van der Waals surface area contributed by atoms with Crippen molar-refractivity contribution in [1.82, 2.24) is 10.5 Å². The quantitative estimate of drug-likeness (QED) is 0.763. The Morgan fingerprint density at radius 1 is 1.45 bits per heavy atom. The summed E-state index contributed by atoms with van der Waals surface area (Å²) in [5, 5.41) is 13.5. The largest absolute Gasteiger partial charge is 0.497 e. The molecule has 1 atom stereocenters. The van der Waals surface area contributed by atoms with Crippen LogP contribution in [0.3, 0.4) is 0 Å². The smallest absolute Gasteiger partial charge is 0.255 e. The van der Waals surface area contributed by atoms with Crippen LogP contribution in [0.5, 0.6) is 11.6 Å². The third kappa shape index (κ3) is 4.08. The van der Waals surface area contributed by atoms with Crippen LogP contribution in [0, 0.1) is 5.41 Å². The van der Waals surface area contributed by atoms with Gasteiger partial charge < -0.3 is 24.7 Å². The van der Waals surface area contributed by atoms with E-state index in [0.29, 0.717) is 17.1 Å². The van der Waals surface area contributed by atoms with Gasteiger partial charge >= 0.3 is 0 Å². The standard InChI is InChI=1S/C15H17N3O4/c1-10(8-16)21-14-7-13(22-18-14)9-17-15(19)11-3-5-12(20-2)6-4-11/h3-8,10,16H,9H2,1-2H3,(H,17,19). The lowest BCUT2D eigenvalue weighted by Crippen LogP contribution is -2.22. The molecule has 1 aromatic carbocycles. The van der Waals surface area contributed by atoms with Crippen LogP contribution in [-0.4, -0.2) is 30.5 Å². The van der Waals surface area contributed by atoms with Crippen LogP contribution in [0.15, 0.2) is 34.9 Å². The normalized spacial score (nSPS) is 11.5. The Labute approximate surface area is 127 Å². The van der Waals surface area contributed by atoms with Crippen LogP contribution >= 0.6 is 0 Å². The molecule has 2 rings (SSSR count). The van der Waals surface area contributed by atoms with Gasteiger partial charge in [0.05, 0.1) is 13.7 Å². The lowest BCUT2D eigenvalue weighted by molar-refractivity contribution is 0.0947. The van der Waals surface area contributed by atoms with Gasteiger partial charge in [-0.25, -0.2) is 0 Å². The lowest BCUT2D eigenvalue weighted by atomic mass is 10.2. The third-order valence-corrected chi connectivity index (χ3v) is 2.85. The van der Waals surface area contributed by atoms with Crippen molar-refractivity contribution in [3.8, 4) is 11.6 Å². The maximum atomic E-state index is 12.0. The van der Waals surface area contributed by atoms with Crippen molar-refractivity contribution in [3.05, 3.63) is 41.7 Å². The van der Waals surface area contributed by atoms with Crippen LogP contribution in [0.25, 0.3) is 0 Å². The average Bonchev–Trinajstić information content (AvgIpc) is 3.00. The van der Waals surface area contributed by atoms with Gasteiger partial charge in [0.25, 0.3) is 11.8 Å². The van der Waals surface area contributed by atoms with Crippen molar-refractivity contribution in [1.29, 1.82) is 5.41 Å². The predicted molar refractivity (Wildman–Crippen MR) is 79.5 cm³/mol. The van der Waals surface area contributed by atoms with E-state index in [1.165, 1.54) is 0 Å². The second kappa shape index (κ2) is 7.26. The Kier molecular flexibility index (Phi) is 5.13. The first-order valence-electron chi connectivity index (χ1n) is 6.67. The minimum absolute atomic E-state index is 0.195. The zero-order chi connectivity index (χ0) is 15.9. The van der Waals surface area contributed by atoms with Crippen molar-refractivity contribution < 1.29 is 18.8 Å². The Bertz CT molecular complexity index is 636. The number of carbonyl (C=O) groups excluding carboxylic acids is 1. The van der Waals surface area contributed by atoms with Crippen molar-refractivity contribution in [3.63, 3.8) is 0 Å². The molecule has 0 saturated carbocycles. The van der Waals surface area contributed by atoms with E-state index in [4.69, 9.17) is 19.4 Å². The summed E-state index contributed by atoms with van der Waals surface area (Å²) in [6.07, 6.45) is 0.770. The zero-order valence-corrected chi connectivity index (χ0v) is 12.3. The highest BCUT2D eigenvalue weighted by Gasteiger charge is 2.10. The summed E-state index contributed by atoms with van der Waals surface area (Å²) >= 11 is 0. The number of carbonyl (C=O) groups is 1. The van der Waals surface area contributed by atoms with Gasteiger partial charge in [0, 0.05) is 17.8 Å². The van der Waals surface area contributed by atoms with Crippen molar-refractivity contribution >= 4 is 12.1 Å². The molecule has 22 heavy (non-hydrogen) atoms. The average molecular weight is 303 g/mol. The van der Waals surface area contributed by atoms with E-state index in [9.17, 15) is 4.79 Å². The number of hydrogen-bond acceptors (Lipinski definition) is 6. The number of amides is 1. The Morgan fingerprint density at radius 3 is 2.82 bits per heavy atom. The van der Waals surface area contributed by atoms with Gasteiger partial charge in [-0.1, -0.05) is 0 Å². The van der Waals surface area contributed by atoms with E-state index in [1.807, 2.05) is 0 Å². The Hall–Kier alpha value is -2.83. The maximum Gasteiger partial charge on any atom is 0.255 e. The second-order valence-corrected chi connectivity index (χ2v) is 4.53. The van der Waals surface area contributed by atoms with E-state index in [2.05, 4.69) is 10.5 Å². The molecule has 7 heteroatoms. The van der Waals surface area contributed by atoms with Gasteiger partial charge in [0.1, 0.15) is 11.9 Å². The first kappa shape index (κ1) is 15.6. The van der Waals surface area contributed by atoms with E-state index >= 15 is 0 Å². The highest BCUT2D eigenvalue weighted by atomic mass is 16.5. The zero-order valence-electron chi connectivity index (χ0n) is 12.3. The molecular weight excluding hydrogens is 286 g/mol. The van der Waals surface area contributed by atoms with Gasteiger partial charge in [-0.05, 0) is 36.3 Å². The van der Waals surface area contributed by atoms with Gasteiger partial charge in [-0.15, -0.1) is 0 Å². The minimum Gasteiger partial charge on any atom is -0.497 e. The summed E-state index contributed by atoms with van der Waals surface area (Å²) in [5.41, 5.74) is 0.522. The SMILES string of the molecule is COc1ccc(C(=O)NCc2cc(OC(C)C=N)no2)cc1. The molecule has 0 saturated heterocycles. The van der Waals surface area contributed by atoms with E-state index in [1.54, 1.807) is 44.4 Å². The molecule has 2 N–H and O–H groups in total. The molecule has 0 radical (unpaired) electrons. The molecule has 0 aliphatic heterocycles. The summed E-state index contributed by atoms with van der Waals surface area (Å²) in [4.78, 5) is 12.0. The maximum absolute atomic E-state index is 12.0. The summed E-state index contributed by atoms with van der Waals surface area (Å²) in [6, 6.07) is 8.36. The second-order valence-electron chi connectivity index (χ2n) is 4.53. The monoisotopic (exact) mass is 303 g/mol. The van der Waals surface area contributed by atoms with Crippen LogP contribution < -0.4 is 14.8 Å². The summed E-state index contributed by atoms with van der Waals surface area (Å²) < 4.78 is 15.4. The number of hydrogen-bond donors (Lipinski definition) is 2. The number of nitrogens with zero attached hydrogens (tertiary/aromatic N) is 1. The first-order chi connectivity index (χ1) is 10.6. The lowest BCUT2D eigenvalue weighted by Gasteiger charge is -2.04. The van der Waals surface area contributed by atoms with Crippen molar-refractivity contribution in [2.45, 2.75) is 19.6 Å².